The van der Waals surface area contributed by atoms with Crippen LogP contribution in [0.3, 0.4) is 0 Å². The molecule has 0 spiro atoms. The van der Waals surface area contributed by atoms with Gasteiger partial charge in [0.1, 0.15) is 0 Å². The summed E-state index contributed by atoms with van der Waals surface area (Å²) in [6, 6.07) is 11.1. The lowest BCUT2D eigenvalue weighted by Crippen LogP contribution is -1.98. The number of ether oxygens (including phenoxy) is 2. The van der Waals surface area contributed by atoms with Crippen LogP contribution in [-0.4, -0.2) is 35.9 Å². The molecule has 0 saturated carbocycles. The Bertz CT molecular complexity index is 761. The van der Waals surface area contributed by atoms with E-state index in [1.807, 2.05) is 24.3 Å². The Kier molecular flexibility index (Phi) is 4.53. The number of sulfone groups is 1. The second kappa shape index (κ2) is 6.43. The molecule has 4 nitrogen and oxygen atoms in total. The van der Waals surface area contributed by atoms with Gasteiger partial charge in [0.25, 0.3) is 0 Å². The van der Waals surface area contributed by atoms with Crippen LogP contribution in [0.4, 0.5) is 0 Å². The summed E-state index contributed by atoms with van der Waals surface area (Å²) >= 11 is 0. The highest BCUT2D eigenvalue weighted by molar-refractivity contribution is 7.92. The minimum atomic E-state index is -3.40. The topological polar surface area (TPSA) is 52.6 Å². The Morgan fingerprint density at radius 2 is 1.22 bits per heavy atom. The number of methoxy groups -OCH3 is 2. The van der Waals surface area contributed by atoms with Crippen molar-refractivity contribution in [1.82, 2.24) is 0 Å². The predicted molar refractivity (Wildman–Crippen MR) is 88.5 cm³/mol. The maximum Gasteiger partial charge on any atom is 0.207 e. The predicted octanol–water partition coefficient (Wildman–Crippen LogP) is 2.88. The first-order chi connectivity index (χ1) is 11.1. The van der Waals surface area contributed by atoms with Gasteiger partial charge in [-0.3, -0.25) is 0 Å². The Labute approximate surface area is 137 Å². The fourth-order valence-electron chi connectivity index (χ4n) is 2.91. The second-order valence-electron chi connectivity index (χ2n) is 5.65. The molecule has 1 aliphatic rings. The van der Waals surface area contributed by atoms with Gasteiger partial charge < -0.3 is 9.47 Å². The fourth-order valence-corrected chi connectivity index (χ4v) is 4.56. The van der Waals surface area contributed by atoms with E-state index in [-0.39, 0.29) is 0 Å². The smallest absolute Gasteiger partial charge is 0.207 e. The van der Waals surface area contributed by atoms with Gasteiger partial charge in [-0.1, -0.05) is 12.1 Å². The van der Waals surface area contributed by atoms with E-state index < -0.39 is 9.84 Å². The van der Waals surface area contributed by atoms with Crippen LogP contribution in [0.1, 0.15) is 11.1 Å². The van der Waals surface area contributed by atoms with Crippen molar-refractivity contribution in [3.05, 3.63) is 47.5 Å². The van der Waals surface area contributed by atoms with E-state index in [1.165, 1.54) is 0 Å². The zero-order chi connectivity index (χ0) is 16.4. The number of rotatable bonds is 6. The van der Waals surface area contributed by atoms with Crippen LogP contribution in [0.5, 0.6) is 0 Å². The van der Waals surface area contributed by atoms with E-state index in [9.17, 15) is 8.42 Å². The van der Waals surface area contributed by atoms with Crippen LogP contribution in [0, 0.1) is 0 Å². The lowest BCUT2D eigenvalue weighted by molar-refractivity contribution is 0.202. The van der Waals surface area contributed by atoms with Crippen molar-refractivity contribution in [2.45, 2.75) is 22.6 Å². The molecule has 0 aromatic heterocycles. The highest BCUT2D eigenvalue weighted by Crippen LogP contribution is 2.43. The Balaban J connectivity index is 2.08. The standard InChI is InChI=1S/C18H20O4S/c1-21-9-7-13-3-5-17-15(11-13)16-12-14(8-10-22-2)4-6-18(16)23(17,19)20/h3-6,11-12H,7-10H2,1-2H3. The minimum absolute atomic E-state index is 0.401. The summed E-state index contributed by atoms with van der Waals surface area (Å²) in [6.07, 6.45) is 1.53. The van der Waals surface area contributed by atoms with Crippen LogP contribution in [0.2, 0.25) is 0 Å². The van der Waals surface area contributed by atoms with Gasteiger partial charge in [-0.05, 0) is 48.2 Å². The highest BCUT2D eigenvalue weighted by Gasteiger charge is 2.32. The number of benzene rings is 2. The largest absolute Gasteiger partial charge is 0.384 e. The van der Waals surface area contributed by atoms with Gasteiger partial charge in [0.2, 0.25) is 9.84 Å². The first-order valence-electron chi connectivity index (χ1n) is 7.57. The van der Waals surface area contributed by atoms with Crippen LogP contribution in [-0.2, 0) is 32.2 Å². The number of fused-ring (bicyclic) bond motifs is 3. The third-order valence-electron chi connectivity index (χ3n) is 4.15. The third-order valence-corrected chi connectivity index (χ3v) is 6.02. The quantitative estimate of drug-likeness (QED) is 0.696. The van der Waals surface area contributed by atoms with Crippen molar-refractivity contribution < 1.29 is 17.9 Å². The summed E-state index contributed by atoms with van der Waals surface area (Å²) in [5.74, 6) is 0. The van der Waals surface area contributed by atoms with Crippen LogP contribution in [0.25, 0.3) is 11.1 Å². The maximum atomic E-state index is 12.7. The maximum absolute atomic E-state index is 12.7. The van der Waals surface area contributed by atoms with Gasteiger partial charge in [-0.15, -0.1) is 0 Å². The monoisotopic (exact) mass is 332 g/mol. The van der Waals surface area contributed by atoms with E-state index in [0.29, 0.717) is 23.0 Å². The molecule has 0 unspecified atom stereocenters. The minimum Gasteiger partial charge on any atom is -0.384 e. The highest BCUT2D eigenvalue weighted by atomic mass is 32.2. The zero-order valence-electron chi connectivity index (χ0n) is 13.3. The molecular weight excluding hydrogens is 312 g/mol. The van der Waals surface area contributed by atoms with E-state index in [4.69, 9.17) is 9.47 Å². The molecule has 2 aromatic rings. The molecule has 122 valence electrons. The summed E-state index contributed by atoms with van der Waals surface area (Å²) in [4.78, 5) is 0.801. The van der Waals surface area contributed by atoms with Crippen molar-refractivity contribution in [2.24, 2.45) is 0 Å². The van der Waals surface area contributed by atoms with Crippen LogP contribution < -0.4 is 0 Å². The molecule has 0 saturated heterocycles. The third kappa shape index (κ3) is 2.92. The molecule has 0 amide bonds. The summed E-state index contributed by atoms with van der Waals surface area (Å²) in [6.45, 7) is 1.23. The SMILES string of the molecule is COCCc1ccc2c(c1)-c1cc(CCOC)ccc1S2(=O)=O. The first-order valence-corrected chi connectivity index (χ1v) is 9.05. The van der Waals surface area contributed by atoms with Gasteiger partial charge in [0.15, 0.2) is 0 Å². The average molecular weight is 332 g/mol. The van der Waals surface area contributed by atoms with E-state index in [0.717, 1.165) is 35.1 Å². The molecular formula is C18H20O4S. The molecule has 0 N–H and O–H groups in total. The van der Waals surface area contributed by atoms with Crippen LogP contribution >= 0.6 is 0 Å². The van der Waals surface area contributed by atoms with Crippen molar-refractivity contribution in [3.63, 3.8) is 0 Å². The van der Waals surface area contributed by atoms with Gasteiger partial charge in [0, 0.05) is 25.3 Å². The molecule has 3 rings (SSSR count). The van der Waals surface area contributed by atoms with Gasteiger partial charge in [-0.2, -0.15) is 0 Å². The number of hydrogen-bond acceptors (Lipinski definition) is 4. The van der Waals surface area contributed by atoms with Crippen molar-refractivity contribution in [2.75, 3.05) is 27.4 Å². The van der Waals surface area contributed by atoms with Crippen molar-refractivity contribution >= 4 is 9.84 Å². The normalized spacial score (nSPS) is 14.5. The van der Waals surface area contributed by atoms with Gasteiger partial charge >= 0.3 is 0 Å². The molecule has 0 radical (unpaired) electrons. The Morgan fingerprint density at radius 3 is 1.61 bits per heavy atom. The molecule has 0 fully saturated rings. The first kappa shape index (κ1) is 16.2. The van der Waals surface area contributed by atoms with E-state index in [2.05, 4.69) is 0 Å². The number of hydrogen-bond donors (Lipinski definition) is 0. The van der Waals surface area contributed by atoms with E-state index in [1.54, 1.807) is 26.4 Å². The summed E-state index contributed by atoms with van der Waals surface area (Å²) in [5.41, 5.74) is 3.76. The second-order valence-corrected chi connectivity index (χ2v) is 7.54. The molecule has 2 aromatic carbocycles. The van der Waals surface area contributed by atoms with Gasteiger partial charge in [-0.25, -0.2) is 8.42 Å². The summed E-state index contributed by atoms with van der Waals surface area (Å²) in [5, 5.41) is 0. The Morgan fingerprint density at radius 1 is 0.783 bits per heavy atom. The van der Waals surface area contributed by atoms with Gasteiger partial charge in [0.05, 0.1) is 23.0 Å². The molecule has 1 aliphatic heterocycles. The van der Waals surface area contributed by atoms with E-state index >= 15 is 0 Å². The Hall–Kier alpha value is -1.69. The van der Waals surface area contributed by atoms with Crippen molar-refractivity contribution in [1.29, 1.82) is 0 Å². The lowest BCUT2D eigenvalue weighted by Gasteiger charge is -2.06. The fraction of sp³-hybridized carbons (Fsp3) is 0.333. The van der Waals surface area contributed by atoms with Crippen LogP contribution in [0.15, 0.2) is 46.2 Å². The lowest BCUT2D eigenvalue weighted by atomic mass is 9.99. The summed E-state index contributed by atoms with van der Waals surface area (Å²) < 4.78 is 35.6. The molecule has 0 aliphatic carbocycles. The molecule has 0 atom stereocenters. The average Bonchev–Trinajstić information content (AvgIpc) is 2.78. The molecule has 0 bridgehead atoms. The summed E-state index contributed by atoms with van der Waals surface area (Å²) in [7, 11) is -0.0781. The molecule has 1 heterocycles. The van der Waals surface area contributed by atoms with Crippen molar-refractivity contribution in [3.8, 4) is 11.1 Å². The molecule has 5 heteroatoms. The molecule has 23 heavy (non-hydrogen) atoms. The zero-order valence-corrected chi connectivity index (χ0v) is 14.2.